The van der Waals surface area contributed by atoms with Crippen LogP contribution in [0.25, 0.3) is 0 Å². The molecule has 1 saturated heterocycles. The Bertz CT molecular complexity index is 820. The molecule has 1 aliphatic rings. The van der Waals surface area contributed by atoms with Crippen molar-refractivity contribution < 1.29 is 14.3 Å². The average molecular weight is 417 g/mol. The Balaban J connectivity index is 1.52. The summed E-state index contributed by atoms with van der Waals surface area (Å²) >= 11 is 1.56. The van der Waals surface area contributed by atoms with Crippen LogP contribution in [0.3, 0.4) is 0 Å². The van der Waals surface area contributed by atoms with E-state index in [0.29, 0.717) is 6.04 Å². The molecule has 1 aromatic heterocycles. The Morgan fingerprint density at radius 3 is 2.69 bits per heavy atom. The molecule has 29 heavy (non-hydrogen) atoms. The van der Waals surface area contributed by atoms with Crippen molar-refractivity contribution in [1.29, 1.82) is 0 Å². The highest BCUT2D eigenvalue weighted by molar-refractivity contribution is 7.12. The van der Waals surface area contributed by atoms with E-state index < -0.39 is 0 Å². The topological polar surface area (TPSA) is 42.0 Å². The lowest BCUT2D eigenvalue weighted by Crippen LogP contribution is -2.46. The van der Waals surface area contributed by atoms with Gasteiger partial charge in [-0.2, -0.15) is 0 Å². The van der Waals surface area contributed by atoms with Gasteiger partial charge in [0.1, 0.15) is 0 Å². The van der Waals surface area contributed by atoms with Crippen LogP contribution in [0.1, 0.15) is 40.6 Å². The molecule has 1 fully saturated rings. The van der Waals surface area contributed by atoms with Crippen molar-refractivity contribution in [3.05, 3.63) is 45.6 Å². The number of carbonyl (C=O) groups excluding carboxylic acids is 1. The quantitative estimate of drug-likeness (QED) is 0.576. The molecule has 2 heterocycles. The minimum atomic E-state index is 0.160. The van der Waals surface area contributed by atoms with Gasteiger partial charge in [0.2, 0.25) is 0 Å². The Morgan fingerprint density at radius 2 is 2.00 bits per heavy atom. The molecule has 1 atom stereocenters. The zero-order chi connectivity index (χ0) is 20.8. The molecule has 3 rings (SSSR count). The van der Waals surface area contributed by atoms with Gasteiger partial charge in [-0.05, 0) is 74.5 Å². The zero-order valence-electron chi connectivity index (χ0n) is 17.9. The van der Waals surface area contributed by atoms with Crippen molar-refractivity contribution in [1.82, 2.24) is 9.80 Å². The molecule has 0 saturated carbocycles. The number of ketones is 1. The molecule has 0 spiro atoms. The van der Waals surface area contributed by atoms with E-state index >= 15 is 0 Å². The summed E-state index contributed by atoms with van der Waals surface area (Å²) in [6.45, 7) is 5.80. The first-order chi connectivity index (χ1) is 14.0. The molecule has 5 nitrogen and oxygen atoms in total. The molecule has 0 aliphatic carbocycles. The van der Waals surface area contributed by atoms with E-state index in [0.717, 1.165) is 49.0 Å². The van der Waals surface area contributed by atoms with Gasteiger partial charge in [0, 0.05) is 25.7 Å². The normalized spacial score (nSPS) is 17.5. The van der Waals surface area contributed by atoms with Crippen molar-refractivity contribution in [2.75, 3.05) is 40.9 Å². The predicted molar refractivity (Wildman–Crippen MR) is 119 cm³/mol. The van der Waals surface area contributed by atoms with Gasteiger partial charge in [0.15, 0.2) is 17.3 Å². The number of hydrogen-bond acceptors (Lipinski definition) is 6. The van der Waals surface area contributed by atoms with E-state index in [1.807, 2.05) is 6.07 Å². The molecular weight excluding hydrogens is 384 g/mol. The van der Waals surface area contributed by atoms with Crippen LogP contribution >= 0.6 is 11.3 Å². The van der Waals surface area contributed by atoms with E-state index in [-0.39, 0.29) is 5.78 Å². The first-order valence-corrected chi connectivity index (χ1v) is 11.1. The van der Waals surface area contributed by atoms with E-state index in [4.69, 9.17) is 9.47 Å². The minimum Gasteiger partial charge on any atom is -0.493 e. The van der Waals surface area contributed by atoms with E-state index in [2.05, 4.69) is 40.4 Å². The number of likely N-dealkylation sites (N-methyl/N-ethyl adjacent to an activating group) is 1. The summed E-state index contributed by atoms with van der Waals surface area (Å²) in [4.78, 5) is 17.4. The summed E-state index contributed by atoms with van der Waals surface area (Å²) in [5.74, 6) is 1.72. The third kappa shape index (κ3) is 5.81. The van der Waals surface area contributed by atoms with Crippen molar-refractivity contribution in [3.8, 4) is 11.5 Å². The molecular formula is C23H32N2O3S. The van der Waals surface area contributed by atoms with Crippen LogP contribution in [0.2, 0.25) is 0 Å². The highest BCUT2D eigenvalue weighted by Crippen LogP contribution is 2.28. The summed E-state index contributed by atoms with van der Waals surface area (Å²) in [5, 5.41) is 2.13. The van der Waals surface area contributed by atoms with Crippen molar-refractivity contribution in [2.24, 2.45) is 0 Å². The predicted octanol–water partition coefficient (Wildman–Crippen LogP) is 4.11. The van der Waals surface area contributed by atoms with Crippen LogP contribution in [0.15, 0.2) is 29.6 Å². The van der Waals surface area contributed by atoms with Gasteiger partial charge in [0.25, 0.3) is 0 Å². The maximum atomic E-state index is 11.5. The largest absolute Gasteiger partial charge is 0.493 e. The number of benzene rings is 1. The lowest BCUT2D eigenvalue weighted by atomic mass is 10.0. The Morgan fingerprint density at radius 1 is 1.21 bits per heavy atom. The van der Waals surface area contributed by atoms with Crippen molar-refractivity contribution in [2.45, 2.75) is 38.8 Å². The van der Waals surface area contributed by atoms with Gasteiger partial charge < -0.3 is 14.4 Å². The third-order valence-corrected chi connectivity index (χ3v) is 6.79. The summed E-state index contributed by atoms with van der Waals surface area (Å²) in [5.41, 5.74) is 2.52. The molecule has 2 aromatic rings. The highest BCUT2D eigenvalue weighted by atomic mass is 32.1. The third-order valence-electron chi connectivity index (χ3n) is 5.71. The molecule has 0 N–H and O–H groups in total. The monoisotopic (exact) mass is 416 g/mol. The number of carbonyl (C=O) groups is 1. The van der Waals surface area contributed by atoms with Gasteiger partial charge in [0.05, 0.1) is 19.1 Å². The number of ether oxygens (including phenoxy) is 2. The lowest BCUT2D eigenvalue weighted by molar-refractivity contribution is 0.102. The Kier molecular flexibility index (Phi) is 7.70. The zero-order valence-corrected chi connectivity index (χ0v) is 18.8. The summed E-state index contributed by atoms with van der Waals surface area (Å²) in [6.07, 6.45) is 3.44. The van der Waals surface area contributed by atoms with Crippen LogP contribution in [0, 0.1) is 0 Å². The SMILES string of the molecule is COc1ccc(CCN(C)[C@H]2CCCN(Cc3csc(C(C)=O)c3)C2)cc1OC. The Hall–Kier alpha value is -1.89. The second kappa shape index (κ2) is 10.2. The fraction of sp³-hybridized carbons (Fsp3) is 0.522. The smallest absolute Gasteiger partial charge is 0.169 e. The number of methoxy groups -OCH3 is 2. The second-order valence-electron chi connectivity index (χ2n) is 7.83. The number of likely N-dealkylation sites (tertiary alicyclic amines) is 1. The molecule has 6 heteroatoms. The van der Waals surface area contributed by atoms with Crippen LogP contribution in [0.4, 0.5) is 0 Å². The first-order valence-electron chi connectivity index (χ1n) is 10.2. The van der Waals surface area contributed by atoms with Crippen molar-refractivity contribution in [3.63, 3.8) is 0 Å². The van der Waals surface area contributed by atoms with Crippen molar-refractivity contribution >= 4 is 17.1 Å². The fourth-order valence-corrected chi connectivity index (χ4v) is 4.77. The molecule has 0 amide bonds. The van der Waals surface area contributed by atoms with Crippen LogP contribution < -0.4 is 9.47 Å². The maximum absolute atomic E-state index is 11.5. The number of Topliss-reactive ketones (excluding diaryl/α,β-unsaturated/α-hetero) is 1. The second-order valence-corrected chi connectivity index (χ2v) is 8.74. The maximum Gasteiger partial charge on any atom is 0.169 e. The molecule has 0 unspecified atom stereocenters. The number of rotatable bonds is 9. The lowest BCUT2D eigenvalue weighted by Gasteiger charge is -2.37. The summed E-state index contributed by atoms with van der Waals surface area (Å²) in [7, 11) is 5.57. The van der Waals surface area contributed by atoms with Gasteiger partial charge in [-0.15, -0.1) is 11.3 Å². The average Bonchev–Trinajstić information content (AvgIpc) is 3.20. The highest BCUT2D eigenvalue weighted by Gasteiger charge is 2.23. The van der Waals surface area contributed by atoms with Crippen LogP contribution in [0.5, 0.6) is 11.5 Å². The Labute approximate surface area is 178 Å². The standard InChI is InChI=1S/C23H32N2O3S/c1-17(26)23-13-19(16-29-23)14-25-10-5-6-20(15-25)24(2)11-9-18-7-8-21(27-3)22(12-18)28-4/h7-8,12-13,16,20H,5-6,9-11,14-15H2,1-4H3/t20-/m0/s1. The number of nitrogens with zero attached hydrogens (tertiary/aromatic N) is 2. The van der Waals surface area contributed by atoms with Crippen LogP contribution in [-0.2, 0) is 13.0 Å². The molecule has 1 aliphatic heterocycles. The van der Waals surface area contributed by atoms with Gasteiger partial charge in [-0.25, -0.2) is 0 Å². The first kappa shape index (κ1) is 21.8. The summed E-state index contributed by atoms with van der Waals surface area (Å²) < 4.78 is 10.7. The number of hydrogen-bond donors (Lipinski definition) is 0. The summed E-state index contributed by atoms with van der Waals surface area (Å²) in [6, 6.07) is 8.79. The number of thiophene rings is 1. The minimum absolute atomic E-state index is 0.160. The van der Waals surface area contributed by atoms with Gasteiger partial charge in [-0.1, -0.05) is 6.07 Å². The van der Waals surface area contributed by atoms with Gasteiger partial charge in [-0.3, -0.25) is 9.69 Å². The van der Waals surface area contributed by atoms with Crippen LogP contribution in [-0.4, -0.2) is 62.5 Å². The molecule has 158 valence electrons. The van der Waals surface area contributed by atoms with E-state index in [1.165, 1.54) is 24.0 Å². The molecule has 0 radical (unpaired) electrons. The van der Waals surface area contributed by atoms with Gasteiger partial charge >= 0.3 is 0 Å². The van der Waals surface area contributed by atoms with E-state index in [9.17, 15) is 4.79 Å². The fourth-order valence-electron chi connectivity index (χ4n) is 3.96. The number of piperidine rings is 1. The van der Waals surface area contributed by atoms with E-state index in [1.54, 1.807) is 32.5 Å². The molecule has 0 bridgehead atoms. The molecule has 1 aromatic carbocycles.